The van der Waals surface area contributed by atoms with Crippen LogP contribution in [0.5, 0.6) is 0 Å². The minimum Gasteiger partial charge on any atom is -0.481 e. The van der Waals surface area contributed by atoms with Gasteiger partial charge in [-0.05, 0) is 13.8 Å². The fourth-order valence-electron chi connectivity index (χ4n) is 1.68. The van der Waals surface area contributed by atoms with Gasteiger partial charge in [0, 0.05) is 26.2 Å². The number of carboxylic acids is 1. The van der Waals surface area contributed by atoms with Gasteiger partial charge in [-0.1, -0.05) is 6.92 Å². The van der Waals surface area contributed by atoms with E-state index in [2.05, 4.69) is 25.6 Å². The van der Waals surface area contributed by atoms with Crippen molar-refractivity contribution in [3.63, 3.8) is 0 Å². The van der Waals surface area contributed by atoms with E-state index >= 15 is 0 Å². The van der Waals surface area contributed by atoms with Gasteiger partial charge in [0.15, 0.2) is 0 Å². The van der Waals surface area contributed by atoms with E-state index in [9.17, 15) is 4.79 Å². The van der Waals surface area contributed by atoms with Crippen molar-refractivity contribution in [3.8, 4) is 0 Å². The Hall–Kier alpha value is -2.16. The lowest BCUT2D eigenvalue weighted by molar-refractivity contribution is -0.140. The zero-order chi connectivity index (χ0) is 16.7. The average Bonchev–Trinajstić information content (AvgIpc) is 2.43. The molecule has 1 aromatic heterocycles. The van der Waals surface area contributed by atoms with Crippen molar-refractivity contribution in [3.05, 3.63) is 0 Å². The zero-order valence-electron chi connectivity index (χ0n) is 13.4. The second-order valence-corrected chi connectivity index (χ2v) is 5.35. The summed E-state index contributed by atoms with van der Waals surface area (Å²) in [5.74, 6) is -0.323. The van der Waals surface area contributed by atoms with Gasteiger partial charge in [0.25, 0.3) is 0 Å². The van der Waals surface area contributed by atoms with Crippen LogP contribution in [0.1, 0.15) is 20.8 Å². The normalized spacial score (nSPS) is 12.1. The third-order valence-corrected chi connectivity index (χ3v) is 2.75. The van der Waals surface area contributed by atoms with Gasteiger partial charge < -0.3 is 25.7 Å². The molecule has 0 saturated heterocycles. The van der Waals surface area contributed by atoms with E-state index in [0.717, 1.165) is 0 Å². The Labute approximate surface area is 129 Å². The van der Waals surface area contributed by atoms with Crippen molar-refractivity contribution < 1.29 is 15.0 Å². The number of anilines is 3. The quantitative estimate of drug-likeness (QED) is 0.508. The van der Waals surface area contributed by atoms with Crippen LogP contribution in [0.15, 0.2) is 0 Å². The van der Waals surface area contributed by atoms with Crippen molar-refractivity contribution in [1.29, 1.82) is 0 Å². The first-order valence-corrected chi connectivity index (χ1v) is 7.14. The van der Waals surface area contributed by atoms with Crippen molar-refractivity contribution >= 4 is 23.8 Å². The molecule has 0 aliphatic rings. The number of nitrogens with zero attached hydrogens (tertiary/aromatic N) is 4. The Balaban J connectivity index is 2.97. The second-order valence-electron chi connectivity index (χ2n) is 5.35. The third kappa shape index (κ3) is 5.68. The average molecular weight is 312 g/mol. The Morgan fingerprint density at radius 3 is 2.41 bits per heavy atom. The van der Waals surface area contributed by atoms with Gasteiger partial charge in [0.2, 0.25) is 17.8 Å². The van der Waals surface area contributed by atoms with Crippen LogP contribution in [0.3, 0.4) is 0 Å². The van der Waals surface area contributed by atoms with E-state index < -0.39 is 11.9 Å². The van der Waals surface area contributed by atoms with E-state index in [0.29, 0.717) is 24.4 Å². The first kappa shape index (κ1) is 17.9. The Bertz CT molecular complexity index is 497. The Morgan fingerprint density at radius 1 is 1.23 bits per heavy atom. The van der Waals surface area contributed by atoms with E-state index in [-0.39, 0.29) is 19.2 Å². The van der Waals surface area contributed by atoms with E-state index in [1.807, 2.05) is 13.8 Å². The number of carbonyl (C=O) groups is 1. The number of aliphatic carboxylic acids is 1. The third-order valence-electron chi connectivity index (χ3n) is 2.75. The number of nitrogens with one attached hydrogen (secondary N) is 2. The lowest BCUT2D eigenvalue weighted by atomic mass is 10.2. The molecule has 0 spiro atoms. The maximum absolute atomic E-state index is 11.0. The van der Waals surface area contributed by atoms with Crippen LogP contribution in [0.2, 0.25) is 0 Å². The van der Waals surface area contributed by atoms with Crippen LogP contribution < -0.4 is 15.5 Å². The summed E-state index contributed by atoms with van der Waals surface area (Å²) >= 11 is 0. The fourth-order valence-corrected chi connectivity index (χ4v) is 1.68. The molecule has 1 heterocycles. The number of hydrogen-bond acceptors (Lipinski definition) is 8. The summed E-state index contributed by atoms with van der Waals surface area (Å²) in [5, 5.41) is 23.8. The summed E-state index contributed by atoms with van der Waals surface area (Å²) in [6.45, 7) is 6.10. The topological polar surface area (TPSA) is 124 Å². The highest BCUT2D eigenvalue weighted by molar-refractivity contribution is 5.70. The maximum Gasteiger partial charge on any atom is 0.308 e. The number of carboxylic acid groups (broad SMARTS) is 1. The van der Waals surface area contributed by atoms with Gasteiger partial charge in [-0.2, -0.15) is 15.0 Å². The van der Waals surface area contributed by atoms with Crippen LogP contribution in [0, 0.1) is 5.92 Å². The van der Waals surface area contributed by atoms with Crippen molar-refractivity contribution in [2.45, 2.75) is 26.8 Å². The molecule has 1 unspecified atom stereocenters. The van der Waals surface area contributed by atoms with Crippen molar-refractivity contribution in [2.75, 3.05) is 42.3 Å². The van der Waals surface area contributed by atoms with Crippen molar-refractivity contribution in [1.82, 2.24) is 15.0 Å². The molecule has 0 bridgehead atoms. The summed E-state index contributed by atoms with van der Waals surface area (Å²) in [5.41, 5.74) is 0. The maximum atomic E-state index is 11.0. The molecular weight excluding hydrogens is 288 g/mol. The van der Waals surface area contributed by atoms with Gasteiger partial charge in [0.05, 0.1) is 12.5 Å². The predicted octanol–water partition coefficient (Wildman–Crippen LogP) is 0.253. The number of aliphatic hydroxyl groups excluding tert-OH is 1. The molecule has 0 amide bonds. The molecule has 0 aliphatic carbocycles. The van der Waals surface area contributed by atoms with Crippen LogP contribution in [0.25, 0.3) is 0 Å². The van der Waals surface area contributed by atoms with Crippen molar-refractivity contribution in [2.24, 2.45) is 5.92 Å². The minimum absolute atomic E-state index is 0.0418. The molecule has 1 atom stereocenters. The highest BCUT2D eigenvalue weighted by Gasteiger charge is 2.17. The van der Waals surface area contributed by atoms with Gasteiger partial charge >= 0.3 is 5.97 Å². The molecule has 9 nitrogen and oxygen atoms in total. The van der Waals surface area contributed by atoms with Crippen LogP contribution in [-0.4, -0.2) is 63.9 Å². The molecule has 0 fully saturated rings. The molecule has 0 aromatic carbocycles. The standard InChI is InChI=1S/C13H24N6O3/c1-8(2)15-12-16-11(14-5-6-20)17-13(18-12)19(4)7-9(3)10(21)22/h8-9,20H,5-7H2,1-4H3,(H,21,22)(H2,14,15,16,17,18). The molecule has 4 N–H and O–H groups in total. The smallest absolute Gasteiger partial charge is 0.308 e. The molecule has 0 radical (unpaired) electrons. The number of aromatic nitrogens is 3. The van der Waals surface area contributed by atoms with Crippen LogP contribution >= 0.6 is 0 Å². The van der Waals surface area contributed by atoms with Gasteiger partial charge in [0.1, 0.15) is 0 Å². The zero-order valence-corrected chi connectivity index (χ0v) is 13.4. The lowest BCUT2D eigenvalue weighted by Gasteiger charge is -2.21. The highest BCUT2D eigenvalue weighted by Crippen LogP contribution is 2.14. The summed E-state index contributed by atoms with van der Waals surface area (Å²) in [6, 6.07) is 0.143. The predicted molar refractivity (Wildman–Crippen MR) is 84.2 cm³/mol. The first-order chi connectivity index (χ1) is 10.3. The summed E-state index contributed by atoms with van der Waals surface area (Å²) in [7, 11) is 1.73. The molecular formula is C13H24N6O3. The van der Waals surface area contributed by atoms with E-state index in [4.69, 9.17) is 10.2 Å². The van der Waals surface area contributed by atoms with Gasteiger partial charge in [-0.3, -0.25) is 4.79 Å². The molecule has 0 saturated carbocycles. The largest absolute Gasteiger partial charge is 0.481 e. The van der Waals surface area contributed by atoms with E-state index in [1.165, 1.54) is 0 Å². The number of aliphatic hydroxyl groups is 1. The summed E-state index contributed by atoms with van der Waals surface area (Å²) in [4.78, 5) is 25.4. The summed E-state index contributed by atoms with van der Waals surface area (Å²) in [6.07, 6.45) is 0. The molecule has 9 heteroatoms. The summed E-state index contributed by atoms with van der Waals surface area (Å²) < 4.78 is 0. The van der Waals surface area contributed by atoms with Crippen LogP contribution in [0.4, 0.5) is 17.8 Å². The number of rotatable bonds is 9. The molecule has 22 heavy (non-hydrogen) atoms. The first-order valence-electron chi connectivity index (χ1n) is 7.14. The molecule has 124 valence electrons. The second kappa shape index (κ2) is 8.32. The fraction of sp³-hybridized carbons (Fsp3) is 0.692. The van der Waals surface area contributed by atoms with Gasteiger partial charge in [-0.25, -0.2) is 0 Å². The Morgan fingerprint density at radius 2 is 1.86 bits per heavy atom. The van der Waals surface area contributed by atoms with Gasteiger partial charge in [-0.15, -0.1) is 0 Å². The lowest BCUT2D eigenvalue weighted by Crippen LogP contribution is -2.30. The highest BCUT2D eigenvalue weighted by atomic mass is 16.4. The van der Waals surface area contributed by atoms with Crippen LogP contribution in [-0.2, 0) is 4.79 Å². The SMILES string of the molecule is CC(C)Nc1nc(NCCO)nc(N(C)CC(C)C(=O)O)n1. The minimum atomic E-state index is -0.875. The molecule has 0 aliphatic heterocycles. The number of hydrogen-bond donors (Lipinski definition) is 4. The van der Waals surface area contributed by atoms with E-state index in [1.54, 1.807) is 18.9 Å². The molecule has 1 aromatic rings. The monoisotopic (exact) mass is 312 g/mol. The Kier molecular flexibility index (Phi) is 6.77. The molecule has 1 rings (SSSR count).